The van der Waals surface area contributed by atoms with Crippen LogP contribution in [0.5, 0.6) is 6.01 Å². The summed E-state index contributed by atoms with van der Waals surface area (Å²) >= 11 is 0. The van der Waals surface area contributed by atoms with Crippen LogP contribution >= 0.6 is 0 Å². The molecule has 10 nitrogen and oxygen atoms in total. The van der Waals surface area contributed by atoms with Crippen molar-refractivity contribution >= 4 is 28.4 Å². The molecule has 3 fully saturated rings. The SMILES string of the molecule is Cc1cccc2cccc(N3C[C@@H]4Cc5c(nc(OCC6CCCN6C)nc5N5CCN(C(=O)OCc6ccccc6)C(CC#N)C5)[C@H]3C4)c12. The lowest BCUT2D eigenvalue weighted by Crippen LogP contribution is -2.55. The Bertz CT molecular complexity index is 1910. The van der Waals surface area contributed by atoms with Crippen LogP contribution in [0.4, 0.5) is 16.3 Å². The van der Waals surface area contributed by atoms with Crippen LogP contribution in [-0.4, -0.2) is 84.3 Å². The van der Waals surface area contributed by atoms with E-state index in [1.807, 2.05) is 30.3 Å². The van der Waals surface area contributed by atoms with Crippen molar-refractivity contribution in [2.75, 3.05) is 56.2 Å². The molecule has 2 bridgehead atoms. The normalized spacial score (nSPS) is 23.2. The molecule has 0 spiro atoms. The summed E-state index contributed by atoms with van der Waals surface area (Å²) in [6.07, 6.45) is 4.01. The van der Waals surface area contributed by atoms with E-state index in [1.54, 1.807) is 4.90 Å². The van der Waals surface area contributed by atoms with Crippen LogP contribution in [0.1, 0.15) is 54.1 Å². The van der Waals surface area contributed by atoms with Crippen LogP contribution in [0.3, 0.4) is 0 Å². The first-order valence-electron chi connectivity index (χ1n) is 18.0. The molecule has 4 aromatic rings. The van der Waals surface area contributed by atoms with E-state index in [9.17, 15) is 10.1 Å². The maximum absolute atomic E-state index is 13.3. The number of likely N-dealkylation sites (tertiary alicyclic amines) is 1. The van der Waals surface area contributed by atoms with Gasteiger partial charge in [-0.05, 0) is 74.7 Å². The van der Waals surface area contributed by atoms with E-state index in [1.165, 1.54) is 34.0 Å². The highest BCUT2D eigenvalue weighted by atomic mass is 16.6. The molecule has 0 N–H and O–H groups in total. The quantitative estimate of drug-likeness (QED) is 0.215. The van der Waals surface area contributed by atoms with E-state index in [4.69, 9.17) is 19.4 Å². The summed E-state index contributed by atoms with van der Waals surface area (Å²) in [6, 6.07) is 25.7. The zero-order valence-corrected chi connectivity index (χ0v) is 29.0. The number of rotatable bonds is 8. The van der Waals surface area contributed by atoms with E-state index < -0.39 is 0 Å². The largest absolute Gasteiger partial charge is 0.462 e. The fraction of sp³-hybridized carbons (Fsp3) is 0.450. The second-order valence-corrected chi connectivity index (χ2v) is 14.4. The number of likely N-dealkylation sites (N-methyl/N-ethyl adjacent to an activating group) is 1. The van der Waals surface area contributed by atoms with Gasteiger partial charge in [0.2, 0.25) is 0 Å². The second-order valence-electron chi connectivity index (χ2n) is 14.4. The fourth-order valence-electron chi connectivity index (χ4n) is 8.63. The first kappa shape index (κ1) is 32.3. The monoisotopic (exact) mass is 671 g/mol. The van der Waals surface area contributed by atoms with Crippen molar-refractivity contribution in [2.24, 2.45) is 5.92 Å². The summed E-state index contributed by atoms with van der Waals surface area (Å²) in [5, 5.41) is 12.4. The van der Waals surface area contributed by atoms with Gasteiger partial charge in [-0.15, -0.1) is 0 Å². The van der Waals surface area contributed by atoms with Crippen molar-refractivity contribution in [1.29, 1.82) is 5.26 Å². The molecule has 1 aliphatic carbocycles. The number of hydrogen-bond donors (Lipinski definition) is 0. The number of aromatic nitrogens is 2. The summed E-state index contributed by atoms with van der Waals surface area (Å²) < 4.78 is 12.2. The summed E-state index contributed by atoms with van der Waals surface area (Å²) in [4.78, 5) is 32.6. The van der Waals surface area contributed by atoms with Gasteiger partial charge in [-0.3, -0.25) is 0 Å². The van der Waals surface area contributed by atoms with E-state index >= 15 is 0 Å². The summed E-state index contributed by atoms with van der Waals surface area (Å²) in [5.74, 6) is 1.35. The second kappa shape index (κ2) is 13.8. The number of carbonyl (C=O) groups is 1. The molecule has 4 aliphatic rings. The maximum Gasteiger partial charge on any atom is 0.410 e. The molecule has 3 aliphatic heterocycles. The predicted molar refractivity (Wildman–Crippen MR) is 193 cm³/mol. The number of amides is 1. The van der Waals surface area contributed by atoms with Crippen molar-refractivity contribution in [2.45, 2.75) is 63.8 Å². The standard InChI is InChI=1S/C40H45N7O3/c1-27-9-6-12-30-13-7-15-34(36(27)30)47-23-29-21-33-37(35(47)22-29)42-39(49-26-32-14-8-18-44(32)2)43-38(33)45-19-20-46(31(24-45)16-17-41)40(48)50-25-28-10-4-3-5-11-28/h3-7,9-13,15,29,31-32,35H,8,14,16,18-26H2,1-2H3/t29-,31?,32?,35-/m1/s1. The Balaban J connectivity index is 1.11. The number of nitriles is 1. The van der Waals surface area contributed by atoms with Gasteiger partial charge in [0.25, 0.3) is 0 Å². The molecule has 50 heavy (non-hydrogen) atoms. The third kappa shape index (κ3) is 6.20. The number of nitrogens with zero attached hydrogens (tertiary/aromatic N) is 7. The lowest BCUT2D eigenvalue weighted by molar-refractivity contribution is 0.0767. The topological polar surface area (TPSA) is 98.1 Å². The van der Waals surface area contributed by atoms with Crippen LogP contribution in [0, 0.1) is 24.2 Å². The molecule has 258 valence electrons. The van der Waals surface area contributed by atoms with Gasteiger partial charge in [0.1, 0.15) is 19.0 Å². The number of carbonyl (C=O) groups excluding carboxylic acids is 1. The average Bonchev–Trinajstić information content (AvgIpc) is 3.72. The molecular weight excluding hydrogens is 626 g/mol. The summed E-state index contributed by atoms with van der Waals surface area (Å²) in [6.45, 7) is 6.49. The Morgan fingerprint density at radius 3 is 2.62 bits per heavy atom. The molecule has 4 atom stereocenters. The number of hydrogen-bond acceptors (Lipinski definition) is 9. The smallest absolute Gasteiger partial charge is 0.410 e. The summed E-state index contributed by atoms with van der Waals surface area (Å²) in [7, 11) is 2.16. The average molecular weight is 672 g/mol. The van der Waals surface area contributed by atoms with E-state index in [2.05, 4.69) is 71.1 Å². The van der Waals surface area contributed by atoms with E-state index in [0.29, 0.717) is 44.2 Å². The van der Waals surface area contributed by atoms with Gasteiger partial charge < -0.3 is 29.1 Å². The van der Waals surface area contributed by atoms with Crippen LogP contribution in [-0.2, 0) is 17.8 Å². The molecule has 10 heteroatoms. The molecule has 1 aromatic heterocycles. The van der Waals surface area contributed by atoms with Crippen molar-refractivity contribution < 1.29 is 14.3 Å². The number of anilines is 2. The minimum Gasteiger partial charge on any atom is -0.462 e. The van der Waals surface area contributed by atoms with Crippen molar-refractivity contribution in [3.8, 4) is 12.1 Å². The van der Waals surface area contributed by atoms with Gasteiger partial charge in [-0.2, -0.15) is 15.2 Å². The first-order valence-corrected chi connectivity index (χ1v) is 18.0. The third-order valence-corrected chi connectivity index (χ3v) is 11.2. The fourth-order valence-corrected chi connectivity index (χ4v) is 8.63. The van der Waals surface area contributed by atoms with Crippen molar-refractivity contribution in [3.05, 3.63) is 89.1 Å². The van der Waals surface area contributed by atoms with Gasteiger partial charge in [0.15, 0.2) is 0 Å². The molecule has 0 saturated carbocycles. The van der Waals surface area contributed by atoms with Crippen LogP contribution in [0.15, 0.2) is 66.7 Å². The molecule has 2 unspecified atom stereocenters. The van der Waals surface area contributed by atoms with Crippen LogP contribution < -0.4 is 14.5 Å². The number of aryl methyl sites for hydroxylation is 1. The number of piperazine rings is 1. The maximum atomic E-state index is 13.3. The van der Waals surface area contributed by atoms with Crippen LogP contribution in [0.25, 0.3) is 10.8 Å². The highest BCUT2D eigenvalue weighted by Gasteiger charge is 2.44. The Morgan fingerprint density at radius 2 is 1.82 bits per heavy atom. The minimum atomic E-state index is -0.387. The zero-order valence-electron chi connectivity index (χ0n) is 29.0. The van der Waals surface area contributed by atoms with Crippen molar-refractivity contribution in [3.63, 3.8) is 0 Å². The molecule has 3 aromatic carbocycles. The van der Waals surface area contributed by atoms with Gasteiger partial charge >= 0.3 is 12.1 Å². The zero-order chi connectivity index (χ0) is 34.2. The number of fused-ring (bicyclic) bond motifs is 5. The Kier molecular flexibility index (Phi) is 8.92. The first-order chi connectivity index (χ1) is 24.5. The Hall–Kier alpha value is -4.88. The molecule has 8 rings (SSSR count). The number of benzene rings is 3. The highest BCUT2D eigenvalue weighted by Crippen LogP contribution is 2.49. The Morgan fingerprint density at radius 1 is 0.980 bits per heavy atom. The van der Waals surface area contributed by atoms with Crippen LogP contribution in [0.2, 0.25) is 0 Å². The number of ether oxygens (including phenoxy) is 2. The van der Waals surface area contributed by atoms with E-state index in [-0.39, 0.29) is 31.2 Å². The van der Waals surface area contributed by atoms with Gasteiger partial charge in [-0.25, -0.2) is 4.79 Å². The predicted octanol–water partition coefficient (Wildman–Crippen LogP) is 6.28. The molecule has 1 amide bonds. The van der Waals surface area contributed by atoms with E-state index in [0.717, 1.165) is 49.4 Å². The van der Waals surface area contributed by atoms with Crippen molar-refractivity contribution in [1.82, 2.24) is 19.8 Å². The molecule has 4 heterocycles. The van der Waals surface area contributed by atoms with Gasteiger partial charge in [0, 0.05) is 48.9 Å². The Labute approximate surface area is 294 Å². The molecular formula is C40H45N7O3. The molecule has 3 saturated heterocycles. The lowest BCUT2D eigenvalue weighted by atomic mass is 9.87. The van der Waals surface area contributed by atoms with Gasteiger partial charge in [-0.1, -0.05) is 60.7 Å². The highest BCUT2D eigenvalue weighted by molar-refractivity contribution is 5.97. The third-order valence-electron chi connectivity index (χ3n) is 11.2. The minimum absolute atomic E-state index is 0.108. The summed E-state index contributed by atoms with van der Waals surface area (Å²) in [5.41, 5.74) is 5.68. The molecule has 0 radical (unpaired) electrons. The lowest BCUT2D eigenvalue weighted by Gasteiger charge is -2.41. The van der Waals surface area contributed by atoms with Gasteiger partial charge in [0.05, 0.1) is 30.3 Å².